The van der Waals surface area contributed by atoms with Gasteiger partial charge in [0.2, 0.25) is 0 Å². The SMILES string of the molecule is CCC(N)Cc1cccc(F)c1Oc1ccc(Br)cc1. The molecule has 0 saturated heterocycles. The van der Waals surface area contributed by atoms with Gasteiger partial charge in [-0.1, -0.05) is 35.0 Å². The van der Waals surface area contributed by atoms with Crippen LogP contribution in [0.4, 0.5) is 4.39 Å². The van der Waals surface area contributed by atoms with E-state index in [0.717, 1.165) is 16.5 Å². The van der Waals surface area contributed by atoms with Crippen molar-refractivity contribution in [2.24, 2.45) is 5.73 Å². The monoisotopic (exact) mass is 337 g/mol. The Morgan fingerprint density at radius 1 is 1.20 bits per heavy atom. The van der Waals surface area contributed by atoms with E-state index in [1.165, 1.54) is 6.07 Å². The molecular weight excluding hydrogens is 321 g/mol. The molecule has 2 nitrogen and oxygen atoms in total. The third kappa shape index (κ3) is 3.81. The second kappa shape index (κ2) is 6.86. The van der Waals surface area contributed by atoms with Crippen molar-refractivity contribution in [1.82, 2.24) is 0 Å². The molecule has 0 aliphatic carbocycles. The van der Waals surface area contributed by atoms with Crippen LogP contribution in [0.15, 0.2) is 46.9 Å². The largest absolute Gasteiger partial charge is 0.454 e. The molecule has 20 heavy (non-hydrogen) atoms. The Hall–Kier alpha value is -1.39. The lowest BCUT2D eigenvalue weighted by atomic mass is 10.0. The average Bonchev–Trinajstić information content (AvgIpc) is 2.44. The standard InChI is InChI=1S/C16H17BrFNO/c1-2-13(19)10-11-4-3-5-15(18)16(11)20-14-8-6-12(17)7-9-14/h3-9,13H,2,10,19H2,1H3. The van der Waals surface area contributed by atoms with Crippen LogP contribution in [0.25, 0.3) is 0 Å². The Morgan fingerprint density at radius 3 is 2.55 bits per heavy atom. The van der Waals surface area contributed by atoms with Gasteiger partial charge in [-0.15, -0.1) is 0 Å². The Bertz CT molecular complexity index is 571. The van der Waals surface area contributed by atoms with Crippen LogP contribution in [0.2, 0.25) is 0 Å². The Kier molecular flexibility index (Phi) is 5.15. The van der Waals surface area contributed by atoms with Crippen LogP contribution in [0, 0.1) is 5.82 Å². The van der Waals surface area contributed by atoms with Gasteiger partial charge in [-0.25, -0.2) is 4.39 Å². The smallest absolute Gasteiger partial charge is 0.166 e. The van der Waals surface area contributed by atoms with Gasteiger partial charge in [-0.3, -0.25) is 0 Å². The van der Waals surface area contributed by atoms with Crippen LogP contribution >= 0.6 is 15.9 Å². The highest BCUT2D eigenvalue weighted by Gasteiger charge is 2.13. The fourth-order valence-electron chi connectivity index (χ4n) is 1.88. The van der Waals surface area contributed by atoms with Crippen LogP contribution < -0.4 is 10.5 Å². The van der Waals surface area contributed by atoms with E-state index < -0.39 is 0 Å². The molecule has 2 rings (SSSR count). The topological polar surface area (TPSA) is 35.2 Å². The van der Waals surface area contributed by atoms with Crippen molar-refractivity contribution < 1.29 is 9.13 Å². The minimum atomic E-state index is -0.367. The molecule has 1 atom stereocenters. The zero-order valence-electron chi connectivity index (χ0n) is 11.3. The maximum absolute atomic E-state index is 14.0. The lowest BCUT2D eigenvalue weighted by molar-refractivity contribution is 0.433. The van der Waals surface area contributed by atoms with E-state index in [9.17, 15) is 4.39 Å². The van der Waals surface area contributed by atoms with Gasteiger partial charge in [-0.05, 0) is 48.7 Å². The summed E-state index contributed by atoms with van der Waals surface area (Å²) in [6.45, 7) is 2.01. The maximum Gasteiger partial charge on any atom is 0.166 e. The van der Waals surface area contributed by atoms with Crippen molar-refractivity contribution in [3.63, 3.8) is 0 Å². The molecule has 1 unspecified atom stereocenters. The van der Waals surface area contributed by atoms with Crippen LogP contribution in [0.1, 0.15) is 18.9 Å². The molecule has 0 bridgehead atoms. The molecule has 2 N–H and O–H groups in total. The fourth-order valence-corrected chi connectivity index (χ4v) is 2.14. The first-order valence-electron chi connectivity index (χ1n) is 6.56. The van der Waals surface area contributed by atoms with Crippen molar-refractivity contribution in [2.75, 3.05) is 0 Å². The summed E-state index contributed by atoms with van der Waals surface area (Å²) in [5.41, 5.74) is 6.75. The van der Waals surface area contributed by atoms with Crippen LogP contribution in [0.3, 0.4) is 0 Å². The Labute approximate surface area is 126 Å². The van der Waals surface area contributed by atoms with E-state index in [1.807, 2.05) is 25.1 Å². The number of rotatable bonds is 5. The predicted molar refractivity (Wildman–Crippen MR) is 82.6 cm³/mol. The molecule has 4 heteroatoms. The molecule has 2 aromatic carbocycles. The zero-order valence-corrected chi connectivity index (χ0v) is 12.9. The Morgan fingerprint density at radius 2 is 1.90 bits per heavy atom. The van der Waals surface area contributed by atoms with Crippen molar-refractivity contribution in [1.29, 1.82) is 0 Å². The van der Waals surface area contributed by atoms with Crippen molar-refractivity contribution in [2.45, 2.75) is 25.8 Å². The summed E-state index contributed by atoms with van der Waals surface area (Å²) in [5, 5.41) is 0. The van der Waals surface area contributed by atoms with Crippen molar-refractivity contribution >= 4 is 15.9 Å². The molecule has 106 valence electrons. The van der Waals surface area contributed by atoms with E-state index >= 15 is 0 Å². The van der Waals surface area contributed by atoms with Crippen molar-refractivity contribution in [3.05, 3.63) is 58.3 Å². The first-order valence-corrected chi connectivity index (χ1v) is 7.36. The highest BCUT2D eigenvalue weighted by molar-refractivity contribution is 9.10. The number of ether oxygens (including phenoxy) is 1. The fraction of sp³-hybridized carbons (Fsp3) is 0.250. The first-order chi connectivity index (χ1) is 9.60. The zero-order chi connectivity index (χ0) is 14.5. The van der Waals surface area contributed by atoms with E-state index in [-0.39, 0.29) is 17.6 Å². The minimum absolute atomic E-state index is 0.00377. The summed E-state index contributed by atoms with van der Waals surface area (Å²) < 4.78 is 20.6. The second-order valence-electron chi connectivity index (χ2n) is 4.66. The van der Waals surface area contributed by atoms with Gasteiger partial charge in [0.05, 0.1) is 0 Å². The number of hydrogen-bond acceptors (Lipinski definition) is 2. The third-order valence-electron chi connectivity index (χ3n) is 3.09. The van der Waals surface area contributed by atoms with Crippen molar-refractivity contribution in [3.8, 4) is 11.5 Å². The molecule has 0 fully saturated rings. The number of nitrogens with two attached hydrogens (primary N) is 1. The summed E-state index contributed by atoms with van der Waals surface area (Å²) in [5.74, 6) is 0.497. The number of hydrogen-bond donors (Lipinski definition) is 1. The quantitative estimate of drug-likeness (QED) is 0.861. The van der Waals surface area contributed by atoms with Crippen LogP contribution in [-0.2, 0) is 6.42 Å². The summed E-state index contributed by atoms with van der Waals surface area (Å²) in [6, 6.07) is 12.2. The number of halogens is 2. The molecule has 0 saturated carbocycles. The highest BCUT2D eigenvalue weighted by Crippen LogP contribution is 2.30. The highest BCUT2D eigenvalue weighted by atomic mass is 79.9. The summed E-state index contributed by atoms with van der Waals surface area (Å²) >= 11 is 3.36. The van der Waals surface area contributed by atoms with Gasteiger partial charge in [0.1, 0.15) is 5.75 Å². The lowest BCUT2D eigenvalue weighted by Crippen LogP contribution is -2.21. The molecule has 0 heterocycles. The van der Waals surface area contributed by atoms with E-state index in [4.69, 9.17) is 10.5 Å². The van der Waals surface area contributed by atoms with E-state index in [1.54, 1.807) is 18.2 Å². The van der Waals surface area contributed by atoms with Gasteiger partial charge in [-0.2, -0.15) is 0 Å². The molecule has 0 aliphatic rings. The molecule has 0 radical (unpaired) electrons. The van der Waals surface area contributed by atoms with E-state index in [2.05, 4.69) is 15.9 Å². The molecule has 2 aromatic rings. The van der Waals surface area contributed by atoms with Crippen LogP contribution in [-0.4, -0.2) is 6.04 Å². The van der Waals surface area contributed by atoms with Gasteiger partial charge in [0, 0.05) is 10.5 Å². The van der Waals surface area contributed by atoms with Gasteiger partial charge in [0.25, 0.3) is 0 Å². The summed E-state index contributed by atoms with van der Waals surface area (Å²) in [6.07, 6.45) is 1.44. The lowest BCUT2D eigenvalue weighted by Gasteiger charge is -2.15. The van der Waals surface area contributed by atoms with Gasteiger partial charge < -0.3 is 10.5 Å². The van der Waals surface area contributed by atoms with Gasteiger partial charge >= 0.3 is 0 Å². The second-order valence-corrected chi connectivity index (χ2v) is 5.57. The molecule has 0 aromatic heterocycles. The minimum Gasteiger partial charge on any atom is -0.454 e. The van der Waals surface area contributed by atoms with E-state index in [0.29, 0.717) is 12.2 Å². The number of benzene rings is 2. The number of para-hydroxylation sites is 1. The third-order valence-corrected chi connectivity index (χ3v) is 3.62. The predicted octanol–water partition coefficient (Wildman–Crippen LogP) is 4.66. The van der Waals surface area contributed by atoms with Gasteiger partial charge in [0.15, 0.2) is 11.6 Å². The molecule has 0 spiro atoms. The first kappa shape index (κ1) is 15.0. The molecule has 0 aliphatic heterocycles. The summed E-state index contributed by atoms with van der Waals surface area (Å²) in [7, 11) is 0. The normalized spacial score (nSPS) is 12.2. The molecular formula is C16H17BrFNO. The summed E-state index contributed by atoms with van der Waals surface area (Å²) in [4.78, 5) is 0. The maximum atomic E-state index is 14.0. The van der Waals surface area contributed by atoms with Crippen LogP contribution in [0.5, 0.6) is 11.5 Å². The Balaban J connectivity index is 2.27. The molecule has 0 amide bonds. The average molecular weight is 338 g/mol.